The average Bonchev–Trinajstić information content (AvgIpc) is 2.22. The lowest BCUT2D eigenvalue weighted by Crippen LogP contribution is -2.29. The zero-order chi connectivity index (χ0) is 10.8. The molecule has 0 aliphatic heterocycles. The Bertz CT molecular complexity index is 175. The van der Waals surface area contributed by atoms with Crippen molar-refractivity contribution in [2.45, 2.75) is 47.0 Å². The molecule has 0 aromatic heterocycles. The molecule has 0 rings (SSSR count). The molecule has 0 amide bonds. The lowest BCUT2D eigenvalue weighted by Gasteiger charge is -2.24. The largest absolute Gasteiger partial charge is 0.303 e. The van der Waals surface area contributed by atoms with Crippen molar-refractivity contribution in [2.75, 3.05) is 19.6 Å². The fourth-order valence-corrected chi connectivity index (χ4v) is 1.64. The van der Waals surface area contributed by atoms with Crippen LogP contribution < -0.4 is 0 Å². The molecule has 0 saturated carbocycles. The highest BCUT2D eigenvalue weighted by Gasteiger charge is 2.09. The molecule has 0 spiro atoms. The lowest BCUT2D eigenvalue weighted by atomic mass is 10.0. The maximum absolute atomic E-state index is 3.19. The van der Waals surface area contributed by atoms with Crippen LogP contribution in [-0.2, 0) is 0 Å². The third-order valence-electron chi connectivity index (χ3n) is 2.65. The van der Waals surface area contributed by atoms with Gasteiger partial charge in [0.05, 0.1) is 0 Å². The maximum Gasteiger partial charge on any atom is 0.0129 e. The average molecular weight is 195 g/mol. The van der Waals surface area contributed by atoms with Gasteiger partial charge in [-0.05, 0) is 32.4 Å². The number of rotatable bonds is 7. The van der Waals surface area contributed by atoms with Crippen LogP contribution in [0.4, 0.5) is 0 Å². The summed E-state index contributed by atoms with van der Waals surface area (Å²) in [5.74, 6) is 6.94. The fourth-order valence-electron chi connectivity index (χ4n) is 1.64. The van der Waals surface area contributed by atoms with Crippen molar-refractivity contribution in [2.24, 2.45) is 5.92 Å². The molecule has 1 atom stereocenters. The standard InChI is InChI=1S/C13H25N/c1-5-9-10-13(7-3)12-14(8-4)11-6-2/h13H,6-8,10-12H2,1-4H3. The summed E-state index contributed by atoms with van der Waals surface area (Å²) in [6.45, 7) is 12.3. The van der Waals surface area contributed by atoms with Crippen LogP contribution in [0.1, 0.15) is 47.0 Å². The molecule has 14 heavy (non-hydrogen) atoms. The number of hydrogen-bond donors (Lipinski definition) is 0. The normalized spacial score (nSPS) is 12.4. The van der Waals surface area contributed by atoms with Crippen LogP contribution in [0.15, 0.2) is 0 Å². The van der Waals surface area contributed by atoms with Crippen LogP contribution in [0.5, 0.6) is 0 Å². The van der Waals surface area contributed by atoms with E-state index in [0.717, 1.165) is 12.3 Å². The molecule has 0 radical (unpaired) electrons. The van der Waals surface area contributed by atoms with E-state index in [1.165, 1.54) is 32.5 Å². The van der Waals surface area contributed by atoms with Crippen LogP contribution in [0, 0.1) is 17.8 Å². The molecular formula is C13H25N. The van der Waals surface area contributed by atoms with Crippen molar-refractivity contribution in [3.63, 3.8) is 0 Å². The second kappa shape index (κ2) is 9.09. The lowest BCUT2D eigenvalue weighted by molar-refractivity contribution is 0.239. The molecule has 0 fully saturated rings. The number of hydrogen-bond acceptors (Lipinski definition) is 1. The van der Waals surface area contributed by atoms with E-state index in [1.807, 2.05) is 6.92 Å². The predicted molar refractivity (Wildman–Crippen MR) is 64.3 cm³/mol. The Hall–Kier alpha value is -0.480. The van der Waals surface area contributed by atoms with Crippen LogP contribution in [0.2, 0.25) is 0 Å². The molecule has 0 aliphatic rings. The smallest absolute Gasteiger partial charge is 0.0129 e. The highest BCUT2D eigenvalue weighted by molar-refractivity contribution is 4.96. The Morgan fingerprint density at radius 1 is 1.21 bits per heavy atom. The van der Waals surface area contributed by atoms with E-state index in [1.54, 1.807) is 0 Å². The summed E-state index contributed by atoms with van der Waals surface area (Å²) in [4.78, 5) is 2.53. The molecule has 0 aromatic rings. The summed E-state index contributed by atoms with van der Waals surface area (Å²) in [7, 11) is 0. The molecule has 0 aromatic carbocycles. The Morgan fingerprint density at radius 3 is 2.36 bits per heavy atom. The summed E-state index contributed by atoms with van der Waals surface area (Å²) >= 11 is 0. The molecule has 0 aliphatic carbocycles. The van der Waals surface area contributed by atoms with Gasteiger partial charge in [-0.3, -0.25) is 0 Å². The Morgan fingerprint density at radius 2 is 1.93 bits per heavy atom. The van der Waals surface area contributed by atoms with Crippen molar-refractivity contribution in [3.05, 3.63) is 0 Å². The van der Waals surface area contributed by atoms with Gasteiger partial charge in [-0.1, -0.05) is 27.2 Å². The quantitative estimate of drug-likeness (QED) is 0.564. The molecule has 82 valence electrons. The van der Waals surface area contributed by atoms with Crippen LogP contribution in [0.3, 0.4) is 0 Å². The van der Waals surface area contributed by atoms with Crippen molar-refractivity contribution in [1.29, 1.82) is 0 Å². The number of nitrogens with zero attached hydrogens (tertiary/aromatic N) is 1. The summed E-state index contributed by atoms with van der Waals surface area (Å²) in [6.07, 6.45) is 3.56. The minimum absolute atomic E-state index is 0.758. The first-order chi connectivity index (χ1) is 6.78. The van der Waals surface area contributed by atoms with E-state index in [9.17, 15) is 0 Å². The molecule has 0 bridgehead atoms. The van der Waals surface area contributed by atoms with E-state index in [-0.39, 0.29) is 0 Å². The molecule has 0 saturated heterocycles. The molecule has 0 heterocycles. The first kappa shape index (κ1) is 13.5. The van der Waals surface area contributed by atoms with Crippen molar-refractivity contribution in [3.8, 4) is 11.8 Å². The summed E-state index contributed by atoms with van der Waals surface area (Å²) in [6, 6.07) is 0. The zero-order valence-corrected chi connectivity index (χ0v) is 10.3. The van der Waals surface area contributed by atoms with Gasteiger partial charge in [0, 0.05) is 13.0 Å². The van der Waals surface area contributed by atoms with Gasteiger partial charge in [0.25, 0.3) is 0 Å². The molecule has 1 nitrogen and oxygen atoms in total. The molecule has 1 heteroatoms. The van der Waals surface area contributed by atoms with Crippen LogP contribution in [-0.4, -0.2) is 24.5 Å². The predicted octanol–water partition coefficient (Wildman–Crippen LogP) is 3.16. The van der Waals surface area contributed by atoms with Crippen LogP contribution >= 0.6 is 0 Å². The minimum atomic E-state index is 0.758. The van der Waals surface area contributed by atoms with Gasteiger partial charge in [-0.15, -0.1) is 11.8 Å². The van der Waals surface area contributed by atoms with Gasteiger partial charge in [0.1, 0.15) is 0 Å². The first-order valence-corrected chi connectivity index (χ1v) is 5.90. The molecule has 0 N–H and O–H groups in total. The second-order valence-electron chi connectivity index (χ2n) is 3.80. The van der Waals surface area contributed by atoms with E-state index < -0.39 is 0 Å². The first-order valence-electron chi connectivity index (χ1n) is 5.90. The van der Waals surface area contributed by atoms with E-state index in [2.05, 4.69) is 37.5 Å². The third-order valence-corrected chi connectivity index (χ3v) is 2.65. The van der Waals surface area contributed by atoms with Gasteiger partial charge >= 0.3 is 0 Å². The van der Waals surface area contributed by atoms with Gasteiger partial charge in [-0.25, -0.2) is 0 Å². The SMILES string of the molecule is CC#CCC(CC)CN(CC)CCC. The van der Waals surface area contributed by atoms with Crippen LogP contribution in [0.25, 0.3) is 0 Å². The van der Waals surface area contributed by atoms with Crippen molar-refractivity contribution < 1.29 is 0 Å². The summed E-state index contributed by atoms with van der Waals surface area (Å²) < 4.78 is 0. The van der Waals surface area contributed by atoms with Gasteiger partial charge in [0.2, 0.25) is 0 Å². The van der Waals surface area contributed by atoms with E-state index in [0.29, 0.717) is 0 Å². The molecular weight excluding hydrogens is 170 g/mol. The zero-order valence-electron chi connectivity index (χ0n) is 10.3. The Labute approximate surface area is 89.9 Å². The second-order valence-corrected chi connectivity index (χ2v) is 3.80. The summed E-state index contributed by atoms with van der Waals surface area (Å²) in [5.41, 5.74) is 0. The molecule has 1 unspecified atom stereocenters. The topological polar surface area (TPSA) is 3.24 Å². The maximum atomic E-state index is 3.19. The third kappa shape index (κ3) is 6.05. The van der Waals surface area contributed by atoms with Gasteiger partial charge < -0.3 is 4.90 Å². The van der Waals surface area contributed by atoms with Gasteiger partial charge in [-0.2, -0.15) is 0 Å². The Kier molecular flexibility index (Phi) is 8.78. The minimum Gasteiger partial charge on any atom is -0.303 e. The monoisotopic (exact) mass is 195 g/mol. The van der Waals surface area contributed by atoms with E-state index >= 15 is 0 Å². The van der Waals surface area contributed by atoms with E-state index in [4.69, 9.17) is 0 Å². The van der Waals surface area contributed by atoms with Crippen molar-refractivity contribution >= 4 is 0 Å². The highest BCUT2D eigenvalue weighted by Crippen LogP contribution is 2.10. The van der Waals surface area contributed by atoms with Crippen molar-refractivity contribution in [1.82, 2.24) is 4.90 Å². The fraction of sp³-hybridized carbons (Fsp3) is 0.846. The Balaban J connectivity index is 3.90. The highest BCUT2D eigenvalue weighted by atomic mass is 15.1. The van der Waals surface area contributed by atoms with Gasteiger partial charge in [0.15, 0.2) is 0 Å². The summed E-state index contributed by atoms with van der Waals surface area (Å²) in [5, 5.41) is 0.